The number of rotatable bonds is 10. The van der Waals surface area contributed by atoms with E-state index >= 15 is 0 Å². The molecule has 1 amide bonds. The minimum atomic E-state index is -1.20. The number of phenolic OH excluding ortho intramolecular Hbond substituents is 1. The Hall–Kier alpha value is -3.39. The van der Waals surface area contributed by atoms with Crippen molar-refractivity contribution < 1.29 is 29.0 Å². The first-order valence-corrected chi connectivity index (χ1v) is 11.3. The molecule has 8 nitrogen and oxygen atoms in total. The average Bonchev–Trinajstić information content (AvgIpc) is 3.05. The highest BCUT2D eigenvalue weighted by Crippen LogP contribution is 2.41. The number of aryl methyl sites for hydroxylation is 1. The van der Waals surface area contributed by atoms with Crippen LogP contribution in [0.15, 0.2) is 36.4 Å². The van der Waals surface area contributed by atoms with Crippen LogP contribution >= 0.6 is 0 Å². The van der Waals surface area contributed by atoms with Crippen molar-refractivity contribution >= 4 is 17.5 Å². The number of nitrogens with zero attached hydrogens (tertiary/aromatic N) is 2. The Kier molecular flexibility index (Phi) is 7.94. The van der Waals surface area contributed by atoms with Crippen LogP contribution < -0.4 is 9.47 Å². The molecule has 0 spiro atoms. The van der Waals surface area contributed by atoms with Crippen molar-refractivity contribution in [3.8, 4) is 17.2 Å². The summed E-state index contributed by atoms with van der Waals surface area (Å²) < 4.78 is 10.8. The number of carbonyl (C=O) groups excluding carboxylic acids is 3. The number of benzene rings is 2. The standard InChI is InChI=1S/C26H32N2O6/c1-6-34-21-15-17(8-10-19(21)29)23-22(24(30)18-9-11-20(33-5)16(2)14-18)25(31)26(32)28(23)13-7-12-27(3)4/h8-11,14-15,22-23,29H,6-7,12-13H2,1-5H3. The number of Topliss-reactive ketones (excluding diaryl/α,β-unsaturated/α-hetero) is 2. The monoisotopic (exact) mass is 468 g/mol. The molecule has 2 aromatic rings. The molecule has 1 heterocycles. The number of likely N-dealkylation sites (tertiary alicyclic amines) is 1. The van der Waals surface area contributed by atoms with Crippen LogP contribution in [0.4, 0.5) is 0 Å². The van der Waals surface area contributed by atoms with Crippen LogP contribution in [0.3, 0.4) is 0 Å². The first-order chi connectivity index (χ1) is 16.2. The van der Waals surface area contributed by atoms with Gasteiger partial charge in [0.05, 0.1) is 19.8 Å². The number of hydrogen-bond acceptors (Lipinski definition) is 7. The predicted molar refractivity (Wildman–Crippen MR) is 127 cm³/mol. The number of phenols is 1. The van der Waals surface area contributed by atoms with E-state index in [-0.39, 0.29) is 11.5 Å². The van der Waals surface area contributed by atoms with E-state index in [4.69, 9.17) is 9.47 Å². The summed E-state index contributed by atoms with van der Waals surface area (Å²) in [7, 11) is 5.41. The molecular formula is C26H32N2O6. The van der Waals surface area contributed by atoms with Gasteiger partial charge in [0.25, 0.3) is 5.91 Å². The molecule has 1 fully saturated rings. The molecule has 2 unspecified atom stereocenters. The summed E-state index contributed by atoms with van der Waals surface area (Å²) in [6.45, 7) is 4.99. The highest BCUT2D eigenvalue weighted by Gasteiger charge is 2.51. The van der Waals surface area contributed by atoms with Crippen molar-refractivity contribution in [2.24, 2.45) is 5.92 Å². The van der Waals surface area contributed by atoms with Crippen molar-refractivity contribution in [3.63, 3.8) is 0 Å². The van der Waals surface area contributed by atoms with Gasteiger partial charge in [-0.05, 0) is 82.4 Å². The first kappa shape index (κ1) is 25.2. The summed E-state index contributed by atoms with van der Waals surface area (Å²) in [5.74, 6) is -2.18. The maximum atomic E-state index is 13.6. The Bertz CT molecular complexity index is 1080. The SMILES string of the molecule is CCOc1cc(C2C(C(=O)c3ccc(OC)c(C)c3)C(=O)C(=O)N2CCCN(C)C)ccc1O. The van der Waals surface area contributed by atoms with Crippen LogP contribution in [-0.4, -0.2) is 73.3 Å². The van der Waals surface area contributed by atoms with E-state index in [2.05, 4.69) is 0 Å². The molecule has 2 aromatic carbocycles. The van der Waals surface area contributed by atoms with Gasteiger partial charge in [0, 0.05) is 12.1 Å². The molecule has 0 bridgehead atoms. The van der Waals surface area contributed by atoms with E-state index in [1.54, 1.807) is 44.4 Å². The molecule has 182 valence electrons. The van der Waals surface area contributed by atoms with Gasteiger partial charge in [0.2, 0.25) is 5.78 Å². The van der Waals surface area contributed by atoms with Gasteiger partial charge in [-0.1, -0.05) is 6.07 Å². The molecular weight excluding hydrogens is 436 g/mol. The lowest BCUT2D eigenvalue weighted by Gasteiger charge is -2.28. The number of amides is 1. The summed E-state index contributed by atoms with van der Waals surface area (Å²) in [4.78, 5) is 43.3. The third kappa shape index (κ3) is 5.07. The molecule has 1 N–H and O–H groups in total. The molecule has 1 aliphatic rings. The van der Waals surface area contributed by atoms with Gasteiger partial charge in [0.1, 0.15) is 11.7 Å². The number of hydrogen-bond donors (Lipinski definition) is 1. The summed E-state index contributed by atoms with van der Waals surface area (Å²) in [5.41, 5.74) is 1.66. The lowest BCUT2D eigenvalue weighted by molar-refractivity contribution is -0.140. The van der Waals surface area contributed by atoms with E-state index in [0.29, 0.717) is 36.4 Å². The van der Waals surface area contributed by atoms with Gasteiger partial charge in [-0.25, -0.2) is 0 Å². The zero-order valence-electron chi connectivity index (χ0n) is 20.3. The quantitative estimate of drug-likeness (QED) is 0.325. The highest BCUT2D eigenvalue weighted by molar-refractivity contribution is 6.44. The Morgan fingerprint density at radius 3 is 2.47 bits per heavy atom. The molecule has 2 atom stereocenters. The average molecular weight is 469 g/mol. The normalized spacial score (nSPS) is 18.0. The van der Waals surface area contributed by atoms with Gasteiger partial charge in [0.15, 0.2) is 17.3 Å². The van der Waals surface area contributed by atoms with Gasteiger partial charge < -0.3 is 24.4 Å². The Morgan fingerprint density at radius 1 is 1.12 bits per heavy atom. The minimum Gasteiger partial charge on any atom is -0.504 e. The summed E-state index contributed by atoms with van der Waals surface area (Å²) in [6, 6.07) is 8.87. The van der Waals surface area contributed by atoms with E-state index in [1.165, 1.54) is 11.0 Å². The summed E-state index contributed by atoms with van der Waals surface area (Å²) in [5, 5.41) is 10.2. The number of ketones is 2. The Morgan fingerprint density at radius 2 is 1.85 bits per heavy atom. The van der Waals surface area contributed by atoms with Gasteiger partial charge >= 0.3 is 0 Å². The fraction of sp³-hybridized carbons (Fsp3) is 0.423. The minimum absolute atomic E-state index is 0.0472. The van der Waals surface area contributed by atoms with Gasteiger partial charge in [-0.2, -0.15) is 0 Å². The maximum absolute atomic E-state index is 13.6. The van der Waals surface area contributed by atoms with Crippen LogP contribution in [0.2, 0.25) is 0 Å². The second-order valence-electron chi connectivity index (χ2n) is 8.65. The molecule has 3 rings (SSSR count). The molecule has 8 heteroatoms. The number of aromatic hydroxyl groups is 1. The second-order valence-corrected chi connectivity index (χ2v) is 8.65. The number of methoxy groups -OCH3 is 1. The lowest BCUT2D eigenvalue weighted by Crippen LogP contribution is -2.33. The lowest BCUT2D eigenvalue weighted by atomic mass is 9.85. The van der Waals surface area contributed by atoms with Crippen molar-refractivity contribution in [1.29, 1.82) is 0 Å². The van der Waals surface area contributed by atoms with Crippen LogP contribution in [0.25, 0.3) is 0 Å². The van der Waals surface area contributed by atoms with Crippen LogP contribution in [0.1, 0.15) is 40.9 Å². The van der Waals surface area contributed by atoms with Crippen molar-refractivity contribution in [3.05, 3.63) is 53.1 Å². The Balaban J connectivity index is 2.06. The van der Waals surface area contributed by atoms with Crippen LogP contribution in [0.5, 0.6) is 17.2 Å². The van der Waals surface area contributed by atoms with Gasteiger partial charge in [-0.3, -0.25) is 14.4 Å². The molecule has 1 aliphatic heterocycles. The zero-order chi connectivity index (χ0) is 25.0. The van der Waals surface area contributed by atoms with E-state index < -0.39 is 29.4 Å². The summed E-state index contributed by atoms with van der Waals surface area (Å²) >= 11 is 0. The predicted octanol–water partition coefficient (Wildman–Crippen LogP) is 3.01. The van der Waals surface area contributed by atoms with E-state index in [1.807, 2.05) is 25.9 Å². The fourth-order valence-electron chi connectivity index (χ4n) is 4.35. The molecule has 0 radical (unpaired) electrons. The number of ether oxygens (including phenoxy) is 2. The zero-order valence-corrected chi connectivity index (χ0v) is 20.3. The van der Waals surface area contributed by atoms with E-state index in [9.17, 15) is 19.5 Å². The maximum Gasteiger partial charge on any atom is 0.291 e. The molecule has 1 saturated heterocycles. The second kappa shape index (κ2) is 10.7. The van der Waals surface area contributed by atoms with Crippen molar-refractivity contribution in [1.82, 2.24) is 9.80 Å². The third-order valence-corrected chi connectivity index (χ3v) is 6.00. The summed E-state index contributed by atoms with van der Waals surface area (Å²) in [6.07, 6.45) is 0.640. The van der Waals surface area contributed by atoms with Gasteiger partial charge in [-0.15, -0.1) is 0 Å². The van der Waals surface area contributed by atoms with Crippen molar-refractivity contribution in [2.75, 3.05) is 40.9 Å². The number of carbonyl (C=O) groups is 3. The molecule has 0 saturated carbocycles. The first-order valence-electron chi connectivity index (χ1n) is 11.3. The molecule has 34 heavy (non-hydrogen) atoms. The van der Waals surface area contributed by atoms with E-state index in [0.717, 1.165) is 12.1 Å². The third-order valence-electron chi connectivity index (χ3n) is 6.00. The largest absolute Gasteiger partial charge is 0.504 e. The molecule has 0 aromatic heterocycles. The Labute approximate surface area is 200 Å². The van der Waals surface area contributed by atoms with Crippen LogP contribution in [-0.2, 0) is 9.59 Å². The topological polar surface area (TPSA) is 96.4 Å². The van der Waals surface area contributed by atoms with Crippen molar-refractivity contribution in [2.45, 2.75) is 26.3 Å². The fourth-order valence-corrected chi connectivity index (χ4v) is 4.35. The van der Waals surface area contributed by atoms with Crippen LogP contribution in [0, 0.1) is 12.8 Å². The highest BCUT2D eigenvalue weighted by atomic mass is 16.5. The molecule has 0 aliphatic carbocycles. The smallest absolute Gasteiger partial charge is 0.291 e.